The van der Waals surface area contributed by atoms with Gasteiger partial charge in [-0.3, -0.25) is 14.2 Å². The fraction of sp³-hybridized carbons (Fsp3) is 0.444. The van der Waals surface area contributed by atoms with Gasteiger partial charge >= 0.3 is 0 Å². The third-order valence-electron chi connectivity index (χ3n) is 7.51. The molecule has 10 heteroatoms. The van der Waals surface area contributed by atoms with Crippen LogP contribution in [0.4, 0.5) is 14.5 Å². The maximum absolute atomic E-state index is 14.7. The largest absolute Gasteiger partial charge is 0.389 e. The molecule has 2 fully saturated rings. The summed E-state index contributed by atoms with van der Waals surface area (Å²) in [5.41, 5.74) is 0.590. The first-order valence-corrected chi connectivity index (χ1v) is 12.4. The Kier molecular flexibility index (Phi) is 6.49. The van der Waals surface area contributed by atoms with Crippen molar-refractivity contribution in [2.24, 2.45) is 7.05 Å². The smallest absolute Gasteiger partial charge is 0.261 e. The van der Waals surface area contributed by atoms with Gasteiger partial charge in [0, 0.05) is 50.0 Å². The predicted octanol–water partition coefficient (Wildman–Crippen LogP) is 3.27. The number of nitrogens with zero attached hydrogens (tertiary/aromatic N) is 3. The average Bonchev–Trinajstić information content (AvgIpc) is 2.85. The zero-order valence-corrected chi connectivity index (χ0v) is 21.1. The van der Waals surface area contributed by atoms with Crippen LogP contribution in [0.1, 0.15) is 54.5 Å². The predicted molar refractivity (Wildman–Crippen MR) is 135 cm³/mol. The Morgan fingerprint density at radius 1 is 1.19 bits per heavy atom. The molecule has 2 N–H and O–H groups in total. The minimum Gasteiger partial charge on any atom is -0.389 e. The number of β-amino-alcohol motifs (C(OH)–C–C–N with tert-alkyl or cyclic N) is 1. The van der Waals surface area contributed by atoms with E-state index in [1.807, 2.05) is 0 Å². The second-order valence-electron chi connectivity index (χ2n) is 10.3. The Bertz CT molecular complexity index is 1430. The number of hydrogen-bond acceptors (Lipinski definition) is 6. The van der Waals surface area contributed by atoms with Crippen LogP contribution in [0.15, 0.2) is 35.1 Å². The first-order chi connectivity index (χ1) is 17.6. The van der Waals surface area contributed by atoms with E-state index in [1.54, 1.807) is 14.0 Å². The highest BCUT2D eigenvalue weighted by atomic mass is 19.1. The number of hydrogen-bond donors (Lipinski definition) is 2. The van der Waals surface area contributed by atoms with E-state index in [0.717, 1.165) is 6.07 Å². The van der Waals surface area contributed by atoms with E-state index in [-0.39, 0.29) is 35.0 Å². The van der Waals surface area contributed by atoms with Gasteiger partial charge in [-0.25, -0.2) is 13.8 Å². The number of benzene rings is 2. The normalized spacial score (nSPS) is 18.5. The minimum absolute atomic E-state index is 0.110. The monoisotopic (exact) mass is 512 g/mol. The van der Waals surface area contributed by atoms with Crippen molar-refractivity contribution < 1.29 is 23.4 Å². The number of aromatic nitrogens is 2. The average molecular weight is 513 g/mol. The maximum atomic E-state index is 14.7. The van der Waals surface area contributed by atoms with Crippen molar-refractivity contribution in [3.05, 3.63) is 69.3 Å². The number of fused-ring (bicyclic) bond motifs is 1. The highest BCUT2D eigenvalue weighted by molar-refractivity contribution is 6.00. The molecule has 5 rings (SSSR count). The minimum atomic E-state index is -0.591. The quantitative estimate of drug-likeness (QED) is 0.545. The number of ether oxygens (including phenoxy) is 1. The van der Waals surface area contributed by atoms with E-state index in [4.69, 9.17) is 9.72 Å². The number of carbonyl (C=O) groups excluding carboxylic acids is 1. The van der Waals surface area contributed by atoms with Crippen LogP contribution in [0.3, 0.4) is 0 Å². The molecule has 196 valence electrons. The molecule has 2 saturated heterocycles. The molecule has 1 atom stereocenters. The molecule has 3 heterocycles. The molecular weight excluding hydrogens is 482 g/mol. The van der Waals surface area contributed by atoms with Crippen LogP contribution in [0.5, 0.6) is 0 Å². The molecular formula is C27H30F2N4O4. The summed E-state index contributed by atoms with van der Waals surface area (Å²) in [4.78, 5) is 32.6. The van der Waals surface area contributed by atoms with Crippen LogP contribution in [0, 0.1) is 11.6 Å². The van der Waals surface area contributed by atoms with E-state index in [9.17, 15) is 23.5 Å². The fourth-order valence-electron chi connectivity index (χ4n) is 5.20. The van der Waals surface area contributed by atoms with Crippen molar-refractivity contribution in [3.63, 3.8) is 0 Å². The molecule has 2 aliphatic rings. The van der Waals surface area contributed by atoms with E-state index < -0.39 is 29.7 Å². The number of rotatable bonds is 5. The van der Waals surface area contributed by atoms with Crippen LogP contribution in [0.2, 0.25) is 0 Å². The number of aliphatic hydroxyl groups excluding tert-OH is 1. The summed E-state index contributed by atoms with van der Waals surface area (Å²) < 4.78 is 35.8. The summed E-state index contributed by atoms with van der Waals surface area (Å²) in [6, 6.07) is 5.78. The molecule has 3 aromatic rings. The van der Waals surface area contributed by atoms with Crippen LogP contribution in [-0.2, 0) is 17.2 Å². The molecule has 0 aliphatic carbocycles. The Morgan fingerprint density at radius 3 is 2.57 bits per heavy atom. The van der Waals surface area contributed by atoms with Crippen LogP contribution in [0.25, 0.3) is 10.9 Å². The number of anilines is 1. The molecule has 0 saturated carbocycles. The Morgan fingerprint density at radius 2 is 1.89 bits per heavy atom. The zero-order chi connectivity index (χ0) is 26.5. The summed E-state index contributed by atoms with van der Waals surface area (Å²) in [7, 11) is 1.65. The second-order valence-corrected chi connectivity index (χ2v) is 10.3. The van der Waals surface area contributed by atoms with Gasteiger partial charge < -0.3 is 20.1 Å². The number of nitrogens with one attached hydrogen (secondary N) is 1. The van der Waals surface area contributed by atoms with Gasteiger partial charge in [-0.15, -0.1) is 0 Å². The first-order valence-electron chi connectivity index (χ1n) is 12.4. The lowest BCUT2D eigenvalue weighted by Crippen LogP contribution is -2.53. The fourth-order valence-corrected chi connectivity index (χ4v) is 5.20. The first kappa shape index (κ1) is 25.3. The third kappa shape index (κ3) is 4.59. The van der Waals surface area contributed by atoms with Crippen LogP contribution in [-0.4, -0.2) is 57.9 Å². The molecule has 0 bridgehead atoms. The Hall–Kier alpha value is -3.37. The summed E-state index contributed by atoms with van der Waals surface area (Å²) in [6.45, 7) is 5.31. The summed E-state index contributed by atoms with van der Waals surface area (Å²) in [6.07, 6.45) is 0.817. The Labute approximate surface area is 212 Å². The van der Waals surface area contributed by atoms with Crippen molar-refractivity contribution in [1.82, 2.24) is 14.5 Å². The molecule has 8 nitrogen and oxygen atoms in total. The lowest BCUT2D eigenvalue weighted by Gasteiger charge is -2.36. The van der Waals surface area contributed by atoms with Gasteiger partial charge in [0.25, 0.3) is 11.5 Å². The molecule has 1 aromatic heterocycles. The third-order valence-corrected chi connectivity index (χ3v) is 7.51. The van der Waals surface area contributed by atoms with Gasteiger partial charge in [-0.05, 0) is 50.1 Å². The van der Waals surface area contributed by atoms with E-state index in [2.05, 4.69) is 12.2 Å². The van der Waals surface area contributed by atoms with Gasteiger partial charge in [0.15, 0.2) is 0 Å². The topological polar surface area (TPSA) is 96.7 Å². The molecule has 37 heavy (non-hydrogen) atoms. The van der Waals surface area contributed by atoms with Crippen molar-refractivity contribution >= 4 is 22.5 Å². The van der Waals surface area contributed by atoms with Gasteiger partial charge in [0.2, 0.25) is 0 Å². The Balaban J connectivity index is 1.57. The maximum Gasteiger partial charge on any atom is 0.261 e. The van der Waals surface area contributed by atoms with Crippen molar-refractivity contribution in [1.29, 1.82) is 0 Å². The molecule has 2 aromatic carbocycles. The number of halogens is 2. The van der Waals surface area contributed by atoms with Gasteiger partial charge in [-0.2, -0.15) is 0 Å². The molecule has 2 aliphatic heterocycles. The van der Waals surface area contributed by atoms with Crippen LogP contribution >= 0.6 is 0 Å². The standard InChI is InChI=1S/C27H30F2N4O4/c1-15(30-22-5-4-16(28)10-20(22)25(36)33-13-18(34)14-33)19-11-17(29)12-21-23(19)31-26(32(3)24(21)35)27(2)6-8-37-9-7-27/h4-5,10-12,15,18,30,34H,6-9,13-14H2,1-3H3/t15-/m1/s1. The van der Waals surface area contributed by atoms with Gasteiger partial charge in [-0.1, -0.05) is 6.92 Å². The SMILES string of the molecule is C[C@@H](Nc1ccc(F)cc1C(=O)N1CC(O)C1)c1cc(F)cc2c(=O)n(C)c(C3(C)CCOCC3)nc12. The zero-order valence-electron chi connectivity index (χ0n) is 21.1. The summed E-state index contributed by atoms with van der Waals surface area (Å²) in [5.74, 6) is -0.948. The van der Waals surface area contributed by atoms with Crippen molar-refractivity contribution in [3.8, 4) is 0 Å². The lowest BCUT2D eigenvalue weighted by molar-refractivity contribution is 0.00593. The van der Waals surface area contributed by atoms with Crippen molar-refractivity contribution in [2.75, 3.05) is 31.6 Å². The molecule has 0 radical (unpaired) electrons. The summed E-state index contributed by atoms with van der Waals surface area (Å²) in [5, 5.41) is 12.9. The molecule has 0 unspecified atom stereocenters. The molecule has 0 spiro atoms. The second kappa shape index (κ2) is 9.50. The van der Waals surface area contributed by atoms with Gasteiger partial charge in [0.05, 0.1) is 28.6 Å². The van der Waals surface area contributed by atoms with Gasteiger partial charge in [0.1, 0.15) is 17.5 Å². The number of carbonyl (C=O) groups is 1. The summed E-state index contributed by atoms with van der Waals surface area (Å²) >= 11 is 0. The van der Waals surface area contributed by atoms with Crippen molar-refractivity contribution in [2.45, 2.75) is 44.2 Å². The van der Waals surface area contributed by atoms with E-state index >= 15 is 0 Å². The number of likely N-dealkylation sites (tertiary alicyclic amines) is 1. The number of amides is 1. The number of aliphatic hydroxyl groups is 1. The highest BCUT2D eigenvalue weighted by Crippen LogP contribution is 2.35. The van der Waals surface area contributed by atoms with E-state index in [0.29, 0.717) is 48.6 Å². The van der Waals surface area contributed by atoms with Crippen LogP contribution < -0.4 is 10.9 Å². The molecule has 1 amide bonds. The lowest BCUT2D eigenvalue weighted by atomic mass is 9.81. The van der Waals surface area contributed by atoms with E-state index in [1.165, 1.54) is 33.7 Å². The highest BCUT2D eigenvalue weighted by Gasteiger charge is 2.35.